The lowest BCUT2D eigenvalue weighted by atomic mass is 10.2. The van der Waals surface area contributed by atoms with Gasteiger partial charge < -0.3 is 14.7 Å². The fourth-order valence-electron chi connectivity index (χ4n) is 3.13. The van der Waals surface area contributed by atoms with Crippen molar-refractivity contribution in [2.24, 2.45) is 0 Å². The molecule has 0 aliphatic heterocycles. The van der Waals surface area contributed by atoms with Crippen LogP contribution >= 0.6 is 11.8 Å². The Morgan fingerprint density at radius 2 is 2.04 bits per heavy atom. The molecule has 0 aliphatic rings. The summed E-state index contributed by atoms with van der Waals surface area (Å²) >= 11 is 1.75. The van der Waals surface area contributed by atoms with E-state index in [0.717, 1.165) is 47.9 Å². The van der Waals surface area contributed by atoms with Gasteiger partial charge in [-0.2, -0.15) is 11.8 Å². The van der Waals surface area contributed by atoms with Crippen LogP contribution in [0.2, 0.25) is 0 Å². The molecule has 1 atom stereocenters. The van der Waals surface area contributed by atoms with Crippen LogP contribution in [-0.4, -0.2) is 45.9 Å². The van der Waals surface area contributed by atoms with Crippen molar-refractivity contribution in [1.82, 2.24) is 20.2 Å². The zero-order valence-electron chi connectivity index (χ0n) is 16.7. The maximum atomic E-state index is 12.8. The van der Waals surface area contributed by atoms with Gasteiger partial charge in [-0.25, -0.2) is 4.98 Å². The molecule has 0 bridgehead atoms. The van der Waals surface area contributed by atoms with Gasteiger partial charge in [-0.15, -0.1) is 0 Å². The normalized spacial score (nSPS) is 12.6. The molecule has 0 fully saturated rings. The molecule has 0 saturated carbocycles. The summed E-state index contributed by atoms with van der Waals surface area (Å²) in [7, 11) is 0. The van der Waals surface area contributed by atoms with Gasteiger partial charge in [0.25, 0.3) is 5.91 Å². The Morgan fingerprint density at radius 1 is 1.25 bits per heavy atom. The number of aromatic amines is 1. The molecule has 2 aromatic heterocycles. The van der Waals surface area contributed by atoms with Crippen LogP contribution in [0.15, 0.2) is 40.8 Å². The molecule has 6 nitrogen and oxygen atoms in total. The summed E-state index contributed by atoms with van der Waals surface area (Å²) in [5.74, 6) is 2.63. The van der Waals surface area contributed by atoms with Crippen LogP contribution in [0.3, 0.4) is 0 Å². The third-order valence-electron chi connectivity index (χ3n) is 4.81. The van der Waals surface area contributed by atoms with Crippen LogP contribution in [0.5, 0.6) is 0 Å². The van der Waals surface area contributed by atoms with Crippen LogP contribution in [0.25, 0.3) is 11.0 Å². The van der Waals surface area contributed by atoms with Crippen LogP contribution in [0, 0.1) is 0 Å². The molecule has 7 heteroatoms. The lowest BCUT2D eigenvalue weighted by Crippen LogP contribution is -2.29. The first-order valence-electron chi connectivity index (χ1n) is 9.70. The van der Waals surface area contributed by atoms with E-state index in [-0.39, 0.29) is 11.9 Å². The monoisotopic (exact) mass is 400 g/mol. The second-order valence-corrected chi connectivity index (χ2v) is 7.66. The molecule has 2 heterocycles. The number of aromatic nitrogens is 2. The number of carbonyl (C=O) groups is 1. The number of hydrogen-bond acceptors (Lipinski definition) is 5. The van der Waals surface area contributed by atoms with Gasteiger partial charge in [0.1, 0.15) is 11.6 Å². The number of thioether (sulfide) groups is 1. The molecule has 0 saturated heterocycles. The summed E-state index contributed by atoms with van der Waals surface area (Å²) in [4.78, 5) is 23.0. The maximum Gasteiger partial charge on any atom is 0.287 e. The van der Waals surface area contributed by atoms with Crippen molar-refractivity contribution < 1.29 is 9.21 Å². The number of carbonyl (C=O) groups excluding carboxylic acids is 1. The lowest BCUT2D eigenvalue weighted by molar-refractivity contribution is 0.0902. The Kier molecular flexibility index (Phi) is 7.17. The highest BCUT2D eigenvalue weighted by Crippen LogP contribution is 2.21. The van der Waals surface area contributed by atoms with Crippen LogP contribution < -0.4 is 5.32 Å². The summed E-state index contributed by atoms with van der Waals surface area (Å²) in [6.07, 6.45) is 2.85. The number of imidazole rings is 1. The largest absolute Gasteiger partial charge is 0.455 e. The molecule has 0 unspecified atom stereocenters. The van der Waals surface area contributed by atoms with E-state index in [0.29, 0.717) is 12.3 Å². The zero-order chi connectivity index (χ0) is 19.9. The average molecular weight is 401 g/mol. The van der Waals surface area contributed by atoms with Gasteiger partial charge in [-0.3, -0.25) is 9.69 Å². The highest BCUT2D eigenvalue weighted by atomic mass is 32.2. The number of nitrogens with one attached hydrogen (secondary N) is 2. The molecule has 3 rings (SSSR count). The maximum absolute atomic E-state index is 12.8. The number of nitrogens with zero attached hydrogens (tertiary/aromatic N) is 2. The molecule has 0 radical (unpaired) electrons. The van der Waals surface area contributed by atoms with Crippen molar-refractivity contribution in [2.75, 3.05) is 25.1 Å². The number of H-pyrrole nitrogens is 1. The predicted molar refractivity (Wildman–Crippen MR) is 115 cm³/mol. The van der Waals surface area contributed by atoms with Crippen molar-refractivity contribution in [1.29, 1.82) is 0 Å². The van der Waals surface area contributed by atoms with E-state index in [2.05, 4.69) is 40.3 Å². The Labute approximate surface area is 170 Å². The third-order valence-corrected chi connectivity index (χ3v) is 5.46. The molecule has 3 aromatic rings. The quantitative estimate of drug-likeness (QED) is 0.533. The number of hydrogen-bond donors (Lipinski definition) is 2. The van der Waals surface area contributed by atoms with Gasteiger partial charge in [0.15, 0.2) is 5.76 Å². The molecule has 2 N–H and O–H groups in total. The van der Waals surface area contributed by atoms with E-state index >= 15 is 0 Å². The number of fused-ring (bicyclic) bond motifs is 1. The smallest absolute Gasteiger partial charge is 0.287 e. The van der Waals surface area contributed by atoms with Crippen molar-refractivity contribution in [2.45, 2.75) is 32.9 Å². The summed E-state index contributed by atoms with van der Waals surface area (Å²) in [5.41, 5.74) is 1.88. The van der Waals surface area contributed by atoms with E-state index in [9.17, 15) is 4.79 Å². The molecule has 1 aromatic carbocycles. The molecule has 1 amide bonds. The van der Waals surface area contributed by atoms with E-state index in [1.54, 1.807) is 17.8 Å². The topological polar surface area (TPSA) is 74.2 Å². The Balaban J connectivity index is 1.73. The summed E-state index contributed by atoms with van der Waals surface area (Å²) in [6.45, 7) is 6.83. The van der Waals surface area contributed by atoms with Crippen LogP contribution in [0.4, 0.5) is 0 Å². The number of rotatable bonds is 10. The first-order chi connectivity index (χ1) is 13.6. The third kappa shape index (κ3) is 4.97. The second kappa shape index (κ2) is 9.80. The molecule has 0 aliphatic carbocycles. The van der Waals surface area contributed by atoms with Gasteiger partial charge in [0.2, 0.25) is 0 Å². The van der Waals surface area contributed by atoms with Gasteiger partial charge in [-0.05, 0) is 55.8 Å². The average Bonchev–Trinajstić information content (AvgIpc) is 3.36. The SMILES string of the molecule is CCN(CC)Cc1ccc(C(=O)N[C@@H](CCSC)c2nc3ccccc3[nH]2)o1. The fraction of sp³-hybridized carbons (Fsp3) is 0.429. The molecule has 0 spiro atoms. The van der Waals surface area contributed by atoms with E-state index in [1.807, 2.05) is 30.3 Å². The number of furan rings is 1. The molecule has 150 valence electrons. The Morgan fingerprint density at radius 3 is 2.75 bits per heavy atom. The summed E-state index contributed by atoms with van der Waals surface area (Å²) in [6, 6.07) is 11.3. The number of benzene rings is 1. The van der Waals surface area contributed by atoms with Gasteiger partial charge in [0, 0.05) is 0 Å². The van der Waals surface area contributed by atoms with Crippen LogP contribution in [-0.2, 0) is 6.54 Å². The summed E-state index contributed by atoms with van der Waals surface area (Å²) in [5, 5.41) is 3.09. The highest BCUT2D eigenvalue weighted by Gasteiger charge is 2.21. The molecule has 28 heavy (non-hydrogen) atoms. The minimum absolute atomic E-state index is 0.191. The minimum atomic E-state index is -0.211. The zero-order valence-corrected chi connectivity index (χ0v) is 17.5. The van der Waals surface area contributed by atoms with E-state index < -0.39 is 0 Å². The first-order valence-corrected chi connectivity index (χ1v) is 11.1. The number of amides is 1. The van der Waals surface area contributed by atoms with Gasteiger partial charge in [-0.1, -0.05) is 26.0 Å². The second-order valence-electron chi connectivity index (χ2n) is 6.67. The van der Waals surface area contributed by atoms with Crippen molar-refractivity contribution in [3.63, 3.8) is 0 Å². The number of para-hydroxylation sites is 2. The van der Waals surface area contributed by atoms with Gasteiger partial charge in [0.05, 0.1) is 23.6 Å². The minimum Gasteiger partial charge on any atom is -0.455 e. The summed E-state index contributed by atoms with van der Waals surface area (Å²) < 4.78 is 5.79. The fourth-order valence-corrected chi connectivity index (χ4v) is 3.60. The Bertz CT molecular complexity index is 868. The van der Waals surface area contributed by atoms with Crippen molar-refractivity contribution in [3.05, 3.63) is 53.7 Å². The van der Waals surface area contributed by atoms with Gasteiger partial charge >= 0.3 is 0 Å². The van der Waals surface area contributed by atoms with Crippen molar-refractivity contribution in [3.8, 4) is 0 Å². The van der Waals surface area contributed by atoms with E-state index in [4.69, 9.17) is 4.42 Å². The van der Waals surface area contributed by atoms with Crippen molar-refractivity contribution >= 4 is 28.7 Å². The molecular formula is C21H28N4O2S. The first kappa shape index (κ1) is 20.5. The lowest BCUT2D eigenvalue weighted by Gasteiger charge is -2.16. The standard InChI is InChI=1S/C21H28N4O2S/c1-4-25(5-2)14-15-10-11-19(27-15)21(26)24-18(12-13-28-3)20-22-16-8-6-7-9-17(16)23-20/h6-11,18H,4-5,12-14H2,1-3H3,(H,22,23)(H,24,26)/t18-/m0/s1. The highest BCUT2D eigenvalue weighted by molar-refractivity contribution is 7.98. The van der Waals surface area contributed by atoms with Crippen LogP contribution in [0.1, 0.15) is 48.4 Å². The Hall–Kier alpha value is -2.25. The molecular weight excluding hydrogens is 372 g/mol. The predicted octanol–water partition coefficient (Wildman–Crippen LogP) is 4.22. The van der Waals surface area contributed by atoms with E-state index in [1.165, 1.54) is 0 Å².